The summed E-state index contributed by atoms with van der Waals surface area (Å²) in [5.74, 6) is -0.266. The van der Waals surface area contributed by atoms with Gasteiger partial charge in [-0.15, -0.1) is 0 Å². The van der Waals surface area contributed by atoms with Crippen LogP contribution in [0.5, 0.6) is 0 Å². The lowest BCUT2D eigenvalue weighted by Crippen LogP contribution is -2.21. The molecule has 21 heavy (non-hydrogen) atoms. The highest BCUT2D eigenvalue weighted by Gasteiger charge is 2.17. The van der Waals surface area contributed by atoms with Gasteiger partial charge in [0.25, 0.3) is 0 Å². The van der Waals surface area contributed by atoms with E-state index >= 15 is 0 Å². The quantitative estimate of drug-likeness (QED) is 0.849. The molecule has 1 amide bonds. The minimum atomic E-state index is -1.29. The lowest BCUT2D eigenvalue weighted by molar-refractivity contribution is -0.114. The van der Waals surface area contributed by atoms with Gasteiger partial charge < -0.3 is 15.6 Å². The summed E-state index contributed by atoms with van der Waals surface area (Å²) in [6, 6.07) is 12.1. The molecule has 0 radical (unpaired) electrons. The summed E-state index contributed by atoms with van der Waals surface area (Å²) in [6.07, 6.45) is 0. The summed E-state index contributed by atoms with van der Waals surface area (Å²) in [5, 5.41) is 3.25. The molecule has 2 aromatic carbocycles. The Morgan fingerprint density at radius 1 is 1.29 bits per heavy atom. The second-order valence-corrected chi connectivity index (χ2v) is 6.34. The van der Waals surface area contributed by atoms with Crippen molar-refractivity contribution in [2.24, 2.45) is 5.73 Å². The molecule has 1 unspecified atom stereocenters. The van der Waals surface area contributed by atoms with Crippen molar-refractivity contribution in [1.82, 2.24) is 0 Å². The molecule has 0 spiro atoms. The molecule has 4 nitrogen and oxygen atoms in total. The van der Waals surface area contributed by atoms with Crippen LogP contribution < -0.4 is 11.1 Å². The fraction of sp³-hybridized carbons (Fsp3) is 0.133. The molecule has 0 saturated carbocycles. The van der Waals surface area contributed by atoms with E-state index in [0.29, 0.717) is 15.6 Å². The van der Waals surface area contributed by atoms with Gasteiger partial charge in [0.15, 0.2) is 9.79 Å². The number of halogens is 1. The number of hydrogen-bond donors (Lipinski definition) is 2. The van der Waals surface area contributed by atoms with Gasteiger partial charge in [0, 0.05) is 27.4 Å². The zero-order chi connectivity index (χ0) is 15.4. The molecule has 0 heterocycles. The van der Waals surface area contributed by atoms with Crippen LogP contribution >= 0.6 is 11.6 Å². The summed E-state index contributed by atoms with van der Waals surface area (Å²) in [7, 11) is 0. The minimum Gasteiger partial charge on any atom is -0.606 e. The molecule has 0 aliphatic rings. The Kier molecular flexibility index (Phi) is 5.25. The largest absolute Gasteiger partial charge is 0.606 e. The van der Waals surface area contributed by atoms with Gasteiger partial charge in [0.05, 0.1) is 6.54 Å². The van der Waals surface area contributed by atoms with Crippen LogP contribution in [0, 0.1) is 6.92 Å². The van der Waals surface area contributed by atoms with E-state index in [1.165, 1.54) is 0 Å². The van der Waals surface area contributed by atoms with Gasteiger partial charge in [-0.05, 0) is 49.4 Å². The van der Waals surface area contributed by atoms with E-state index in [-0.39, 0.29) is 12.5 Å². The second-order valence-electron chi connectivity index (χ2n) is 4.46. The van der Waals surface area contributed by atoms with Crippen molar-refractivity contribution < 1.29 is 9.35 Å². The lowest BCUT2D eigenvalue weighted by Gasteiger charge is -2.13. The van der Waals surface area contributed by atoms with Crippen molar-refractivity contribution >= 4 is 34.4 Å². The summed E-state index contributed by atoms with van der Waals surface area (Å²) < 4.78 is 12.5. The third-order valence-corrected chi connectivity index (χ3v) is 4.67. The van der Waals surface area contributed by atoms with Gasteiger partial charge in [-0.25, -0.2) is 0 Å². The highest BCUT2D eigenvalue weighted by molar-refractivity contribution is 7.91. The van der Waals surface area contributed by atoms with Gasteiger partial charge in [-0.3, -0.25) is 4.79 Å². The van der Waals surface area contributed by atoms with Crippen LogP contribution in [0.1, 0.15) is 5.56 Å². The topological polar surface area (TPSA) is 78.2 Å². The number of carbonyl (C=O) groups excluding carboxylic acids is 1. The van der Waals surface area contributed by atoms with E-state index in [2.05, 4.69) is 5.32 Å². The first-order valence-corrected chi connectivity index (χ1v) is 7.82. The second kappa shape index (κ2) is 6.95. The van der Waals surface area contributed by atoms with Crippen molar-refractivity contribution in [2.45, 2.75) is 16.7 Å². The average molecular weight is 323 g/mol. The highest BCUT2D eigenvalue weighted by atomic mass is 35.5. The van der Waals surface area contributed by atoms with Crippen LogP contribution in [0.4, 0.5) is 5.69 Å². The lowest BCUT2D eigenvalue weighted by atomic mass is 10.2. The summed E-state index contributed by atoms with van der Waals surface area (Å²) in [5.41, 5.74) is 6.73. The third kappa shape index (κ3) is 3.98. The van der Waals surface area contributed by atoms with E-state index in [0.717, 1.165) is 10.5 Å². The van der Waals surface area contributed by atoms with Crippen molar-refractivity contribution in [2.75, 3.05) is 11.9 Å². The molecule has 0 fully saturated rings. The van der Waals surface area contributed by atoms with E-state index in [4.69, 9.17) is 17.3 Å². The zero-order valence-electron chi connectivity index (χ0n) is 11.4. The number of carbonyl (C=O) groups is 1. The van der Waals surface area contributed by atoms with E-state index in [9.17, 15) is 9.35 Å². The maximum atomic E-state index is 12.5. The predicted molar refractivity (Wildman–Crippen MR) is 85.0 cm³/mol. The fourth-order valence-electron chi connectivity index (χ4n) is 1.82. The third-order valence-electron chi connectivity index (χ3n) is 2.87. The van der Waals surface area contributed by atoms with E-state index in [1.54, 1.807) is 42.5 Å². The molecule has 0 bridgehead atoms. The molecule has 0 aliphatic carbocycles. The maximum Gasteiger partial charge on any atom is 0.238 e. The van der Waals surface area contributed by atoms with Crippen LogP contribution in [0.25, 0.3) is 0 Å². The molecule has 3 N–H and O–H groups in total. The number of nitrogens with one attached hydrogen (secondary N) is 1. The Morgan fingerprint density at radius 2 is 1.95 bits per heavy atom. The first-order chi connectivity index (χ1) is 10.0. The van der Waals surface area contributed by atoms with Crippen molar-refractivity contribution in [3.8, 4) is 0 Å². The maximum absolute atomic E-state index is 12.5. The molecule has 6 heteroatoms. The van der Waals surface area contributed by atoms with Gasteiger partial charge >= 0.3 is 0 Å². The Labute approximate surface area is 131 Å². The summed E-state index contributed by atoms with van der Waals surface area (Å²) in [4.78, 5) is 12.6. The van der Waals surface area contributed by atoms with Crippen LogP contribution in [0.2, 0.25) is 5.02 Å². The zero-order valence-corrected chi connectivity index (χ0v) is 13.0. The van der Waals surface area contributed by atoms with Gasteiger partial charge in [0.1, 0.15) is 0 Å². The van der Waals surface area contributed by atoms with Gasteiger partial charge in [0.2, 0.25) is 5.91 Å². The normalized spacial score (nSPS) is 12.0. The first-order valence-electron chi connectivity index (χ1n) is 6.29. The van der Waals surface area contributed by atoms with Crippen LogP contribution in [0.3, 0.4) is 0 Å². The number of rotatable bonds is 4. The predicted octanol–water partition coefficient (Wildman–Crippen LogP) is 2.71. The number of aryl methyl sites for hydroxylation is 1. The van der Waals surface area contributed by atoms with Crippen molar-refractivity contribution in [1.29, 1.82) is 0 Å². The van der Waals surface area contributed by atoms with Crippen LogP contribution in [-0.2, 0) is 16.0 Å². The van der Waals surface area contributed by atoms with Crippen LogP contribution in [-0.4, -0.2) is 17.0 Å². The molecular weight excluding hydrogens is 308 g/mol. The molecule has 2 rings (SSSR count). The Hall–Kier alpha value is -1.53. The number of benzene rings is 2. The average Bonchev–Trinajstić information content (AvgIpc) is 2.47. The minimum absolute atomic E-state index is 0.0718. The van der Waals surface area contributed by atoms with E-state index in [1.807, 2.05) is 6.92 Å². The molecule has 2 aromatic rings. The molecule has 0 saturated heterocycles. The van der Waals surface area contributed by atoms with Gasteiger partial charge in [-0.2, -0.15) is 0 Å². The number of hydrogen-bond acceptors (Lipinski definition) is 3. The summed E-state index contributed by atoms with van der Waals surface area (Å²) in [6.45, 7) is 1.80. The number of nitrogens with two attached hydrogens (primary N) is 1. The molecule has 0 aliphatic heterocycles. The smallest absolute Gasteiger partial charge is 0.238 e. The Balaban J connectivity index is 2.19. The van der Waals surface area contributed by atoms with Crippen molar-refractivity contribution in [3.05, 3.63) is 53.1 Å². The monoisotopic (exact) mass is 322 g/mol. The highest BCUT2D eigenvalue weighted by Crippen LogP contribution is 2.26. The number of amides is 1. The molecule has 0 aromatic heterocycles. The van der Waals surface area contributed by atoms with Gasteiger partial charge in [-0.1, -0.05) is 11.6 Å². The standard InChI is InChI=1S/C15H15ClN2O2S/c1-10-8-11(16)2-7-14(10)21(20)13-5-3-12(4-6-13)18-15(19)9-17/h2-8H,9,17H2,1H3,(H,18,19). The summed E-state index contributed by atoms with van der Waals surface area (Å²) >= 11 is 4.62. The van der Waals surface area contributed by atoms with Crippen molar-refractivity contribution in [3.63, 3.8) is 0 Å². The molecular formula is C15H15ClN2O2S. The number of anilines is 1. The fourth-order valence-corrected chi connectivity index (χ4v) is 3.23. The Bertz CT molecular complexity index is 647. The Morgan fingerprint density at radius 3 is 2.52 bits per heavy atom. The van der Waals surface area contributed by atoms with E-state index < -0.39 is 11.2 Å². The first kappa shape index (κ1) is 15.9. The molecule has 110 valence electrons. The van der Waals surface area contributed by atoms with Crippen LogP contribution in [0.15, 0.2) is 52.3 Å². The SMILES string of the molecule is Cc1cc(Cl)ccc1[S+]([O-])c1ccc(NC(=O)CN)cc1. The molecule has 1 atom stereocenters.